The van der Waals surface area contributed by atoms with E-state index in [9.17, 15) is 14.7 Å². The van der Waals surface area contributed by atoms with Crippen LogP contribution in [-0.4, -0.2) is 43.5 Å². The monoisotopic (exact) mass is 245 g/mol. The van der Waals surface area contributed by atoms with E-state index in [-0.39, 0.29) is 6.10 Å². The molecule has 0 aromatic carbocycles. The third-order valence-corrected chi connectivity index (χ3v) is 3.46. The van der Waals surface area contributed by atoms with E-state index < -0.39 is 23.5 Å². The van der Waals surface area contributed by atoms with Gasteiger partial charge in [-0.05, 0) is 19.3 Å². The van der Waals surface area contributed by atoms with E-state index in [0.29, 0.717) is 12.8 Å². The Labute approximate surface area is 100 Å². The molecule has 0 radical (unpaired) electrons. The van der Waals surface area contributed by atoms with Gasteiger partial charge >= 0.3 is 12.1 Å². The normalized spacial score (nSPS) is 29.7. The summed E-state index contributed by atoms with van der Waals surface area (Å²) in [4.78, 5) is 22.4. The van der Waals surface area contributed by atoms with Crippen LogP contribution in [0.15, 0.2) is 0 Å². The fourth-order valence-corrected chi connectivity index (χ4v) is 2.39. The fraction of sp³-hybridized carbons (Fsp3) is 0.818. The largest absolute Gasteiger partial charge is 0.480 e. The highest BCUT2D eigenvalue weighted by Gasteiger charge is 2.46. The summed E-state index contributed by atoms with van der Waals surface area (Å²) in [6, 6.07) is -0.949. The molecule has 17 heavy (non-hydrogen) atoms. The molecule has 1 rings (SSSR count). The zero-order valence-corrected chi connectivity index (χ0v) is 10.4. The molecule has 1 aliphatic carbocycles. The highest BCUT2D eigenvalue weighted by molar-refractivity contribution is 5.80. The molecule has 98 valence electrons. The Bertz CT molecular complexity index is 306. The topological polar surface area (TPSA) is 84.9 Å². The molecule has 1 amide bonds. The Morgan fingerprint density at radius 2 is 2.12 bits per heavy atom. The Morgan fingerprint density at radius 1 is 1.47 bits per heavy atom. The molecule has 6 heteroatoms. The van der Waals surface area contributed by atoms with Crippen LogP contribution in [0.1, 0.15) is 26.2 Å². The first kappa shape index (κ1) is 13.8. The number of hydrogen-bond acceptors (Lipinski definition) is 4. The maximum absolute atomic E-state index is 11.2. The minimum atomic E-state index is -1.05. The second-order valence-corrected chi connectivity index (χ2v) is 4.66. The lowest BCUT2D eigenvalue weighted by atomic mass is 9.80. The van der Waals surface area contributed by atoms with E-state index in [1.54, 1.807) is 7.11 Å². The minimum Gasteiger partial charge on any atom is -0.480 e. The molecule has 0 spiro atoms. The molecular formula is C11H19NO5. The van der Waals surface area contributed by atoms with Gasteiger partial charge in [-0.3, -0.25) is 0 Å². The number of nitrogens with one attached hydrogen (secondary N) is 1. The maximum Gasteiger partial charge on any atom is 0.407 e. The molecule has 0 aliphatic heterocycles. The second kappa shape index (κ2) is 5.35. The van der Waals surface area contributed by atoms with E-state index in [4.69, 9.17) is 4.74 Å². The number of hydrogen-bond donors (Lipinski definition) is 2. The quantitative estimate of drug-likeness (QED) is 0.771. The van der Waals surface area contributed by atoms with Crippen LogP contribution in [0.5, 0.6) is 0 Å². The Balaban J connectivity index is 2.77. The van der Waals surface area contributed by atoms with Crippen molar-refractivity contribution in [1.82, 2.24) is 5.32 Å². The van der Waals surface area contributed by atoms with Gasteiger partial charge in [-0.1, -0.05) is 6.92 Å². The summed E-state index contributed by atoms with van der Waals surface area (Å²) in [5.41, 5.74) is -0.499. The zero-order chi connectivity index (χ0) is 13.1. The third kappa shape index (κ3) is 3.09. The van der Waals surface area contributed by atoms with Crippen LogP contribution in [0.3, 0.4) is 0 Å². The first-order valence-electron chi connectivity index (χ1n) is 5.53. The molecule has 1 aliphatic rings. The molecule has 1 fully saturated rings. The van der Waals surface area contributed by atoms with Crippen molar-refractivity contribution in [2.45, 2.75) is 38.3 Å². The molecule has 0 aromatic rings. The van der Waals surface area contributed by atoms with Crippen molar-refractivity contribution < 1.29 is 24.2 Å². The molecule has 1 unspecified atom stereocenters. The lowest BCUT2D eigenvalue weighted by molar-refractivity contribution is -0.142. The number of carboxylic acid groups (broad SMARTS) is 1. The molecule has 0 bridgehead atoms. The number of alkyl carbamates (subject to hydrolysis) is 1. The van der Waals surface area contributed by atoms with Crippen LogP contribution >= 0.6 is 0 Å². The van der Waals surface area contributed by atoms with Gasteiger partial charge in [0, 0.05) is 12.5 Å². The SMILES string of the molecule is COC(=O)NC(C(=O)O)[C@]1(C)CC[C@@H](OC)C1. The van der Waals surface area contributed by atoms with Crippen molar-refractivity contribution in [1.29, 1.82) is 0 Å². The molecule has 3 atom stereocenters. The summed E-state index contributed by atoms with van der Waals surface area (Å²) in [6.07, 6.45) is 1.46. The number of methoxy groups -OCH3 is 2. The molecular weight excluding hydrogens is 226 g/mol. The summed E-state index contributed by atoms with van der Waals surface area (Å²) in [5.74, 6) is -1.05. The fourth-order valence-electron chi connectivity index (χ4n) is 2.39. The lowest BCUT2D eigenvalue weighted by Crippen LogP contribution is -2.50. The van der Waals surface area contributed by atoms with Gasteiger partial charge in [-0.2, -0.15) is 0 Å². The Kier molecular flexibility index (Phi) is 4.34. The summed E-state index contributed by atoms with van der Waals surface area (Å²) < 4.78 is 9.67. The highest BCUT2D eigenvalue weighted by Crippen LogP contribution is 2.42. The van der Waals surface area contributed by atoms with Gasteiger partial charge in [-0.15, -0.1) is 0 Å². The number of carbonyl (C=O) groups is 2. The first-order chi connectivity index (χ1) is 7.92. The third-order valence-electron chi connectivity index (χ3n) is 3.46. The minimum absolute atomic E-state index is 0.0568. The Morgan fingerprint density at radius 3 is 2.53 bits per heavy atom. The van der Waals surface area contributed by atoms with Gasteiger partial charge in [0.1, 0.15) is 6.04 Å². The van der Waals surface area contributed by atoms with Gasteiger partial charge in [0.15, 0.2) is 0 Å². The van der Waals surface area contributed by atoms with Crippen LogP contribution in [-0.2, 0) is 14.3 Å². The molecule has 6 nitrogen and oxygen atoms in total. The van der Waals surface area contributed by atoms with E-state index in [1.165, 1.54) is 7.11 Å². The summed E-state index contributed by atoms with van der Waals surface area (Å²) in [7, 11) is 2.82. The van der Waals surface area contributed by atoms with Crippen molar-refractivity contribution in [3.63, 3.8) is 0 Å². The number of amides is 1. The summed E-state index contributed by atoms with van der Waals surface area (Å²) in [6.45, 7) is 1.85. The highest BCUT2D eigenvalue weighted by atomic mass is 16.5. The van der Waals surface area contributed by atoms with Gasteiger partial charge in [0.25, 0.3) is 0 Å². The smallest absolute Gasteiger partial charge is 0.407 e. The number of ether oxygens (including phenoxy) is 2. The summed E-state index contributed by atoms with van der Waals surface area (Å²) >= 11 is 0. The number of carbonyl (C=O) groups excluding carboxylic acids is 1. The number of rotatable bonds is 4. The molecule has 0 aromatic heterocycles. The van der Waals surface area contributed by atoms with Gasteiger partial charge < -0.3 is 19.9 Å². The maximum atomic E-state index is 11.2. The van der Waals surface area contributed by atoms with Crippen LogP contribution in [0, 0.1) is 5.41 Å². The van der Waals surface area contributed by atoms with Crippen LogP contribution in [0.25, 0.3) is 0 Å². The predicted octanol–water partition coefficient (Wildman–Crippen LogP) is 1.00. The van der Waals surface area contributed by atoms with Crippen molar-refractivity contribution in [3.8, 4) is 0 Å². The standard InChI is InChI=1S/C11H19NO5/c1-11(5-4-7(6-11)16-2)8(9(13)14)12-10(15)17-3/h7-8H,4-6H2,1-3H3,(H,12,15)(H,13,14)/t7-,8?,11-/m1/s1. The Hall–Kier alpha value is -1.30. The average molecular weight is 245 g/mol. The summed E-state index contributed by atoms with van der Waals surface area (Å²) in [5, 5.41) is 11.6. The first-order valence-corrected chi connectivity index (χ1v) is 5.53. The molecule has 0 heterocycles. The molecule has 2 N–H and O–H groups in total. The number of aliphatic carboxylic acids is 1. The van der Waals surface area contributed by atoms with E-state index in [0.717, 1.165) is 6.42 Å². The van der Waals surface area contributed by atoms with Crippen molar-refractivity contribution in [3.05, 3.63) is 0 Å². The van der Waals surface area contributed by atoms with Crippen LogP contribution in [0.4, 0.5) is 4.79 Å². The van der Waals surface area contributed by atoms with Crippen LogP contribution in [0.2, 0.25) is 0 Å². The molecule has 1 saturated carbocycles. The van der Waals surface area contributed by atoms with Crippen LogP contribution < -0.4 is 5.32 Å². The van der Waals surface area contributed by atoms with Gasteiger partial charge in [0.2, 0.25) is 0 Å². The van der Waals surface area contributed by atoms with E-state index >= 15 is 0 Å². The van der Waals surface area contributed by atoms with Crippen molar-refractivity contribution in [2.75, 3.05) is 14.2 Å². The average Bonchev–Trinajstić information content (AvgIpc) is 2.68. The van der Waals surface area contributed by atoms with E-state index in [2.05, 4.69) is 10.1 Å². The number of carboxylic acids is 1. The van der Waals surface area contributed by atoms with Gasteiger partial charge in [-0.25, -0.2) is 9.59 Å². The second-order valence-electron chi connectivity index (χ2n) is 4.66. The van der Waals surface area contributed by atoms with Crippen molar-refractivity contribution >= 4 is 12.1 Å². The molecule has 0 saturated heterocycles. The van der Waals surface area contributed by atoms with Crippen molar-refractivity contribution in [2.24, 2.45) is 5.41 Å². The van der Waals surface area contributed by atoms with E-state index in [1.807, 2.05) is 6.92 Å². The predicted molar refractivity (Wildman–Crippen MR) is 59.7 cm³/mol. The zero-order valence-electron chi connectivity index (χ0n) is 10.4. The van der Waals surface area contributed by atoms with Gasteiger partial charge in [0.05, 0.1) is 13.2 Å². The lowest BCUT2D eigenvalue weighted by Gasteiger charge is -2.31.